The molecule has 0 heterocycles. The molecule has 0 amide bonds. The van der Waals surface area contributed by atoms with Crippen LogP contribution in [-0.2, 0) is 16.6 Å². The summed E-state index contributed by atoms with van der Waals surface area (Å²) >= 11 is 0. The summed E-state index contributed by atoms with van der Waals surface area (Å²) in [5.41, 5.74) is 25.1. The van der Waals surface area contributed by atoms with Gasteiger partial charge in [0.15, 0.2) is 0 Å². The molecular formula is C18H33N3. The molecule has 0 aromatic heterocycles. The molecule has 0 aliphatic carbocycles. The summed E-state index contributed by atoms with van der Waals surface area (Å²) in [6.45, 7) is 18.6. The Morgan fingerprint density at radius 1 is 0.476 bits per heavy atom. The largest absolute Gasteiger partial charge is 0.322 e. The van der Waals surface area contributed by atoms with Crippen LogP contribution < -0.4 is 17.2 Å². The van der Waals surface area contributed by atoms with Crippen molar-refractivity contribution >= 4 is 0 Å². The molecule has 1 rings (SSSR count). The van der Waals surface area contributed by atoms with Gasteiger partial charge in [0.25, 0.3) is 0 Å². The summed E-state index contributed by atoms with van der Waals surface area (Å²) in [5, 5.41) is 0. The molecule has 120 valence electrons. The van der Waals surface area contributed by atoms with E-state index in [0.717, 1.165) is 16.7 Å². The Labute approximate surface area is 130 Å². The molecule has 0 saturated carbocycles. The SMILES string of the molecule is Cc1c(C(C)(C)N)c(C)c(C(C)(C)N)c(C)c1C(C)(C)N. The molecule has 0 unspecified atom stereocenters. The van der Waals surface area contributed by atoms with E-state index >= 15 is 0 Å². The van der Waals surface area contributed by atoms with Crippen LogP contribution in [0.2, 0.25) is 0 Å². The molecule has 0 radical (unpaired) electrons. The summed E-state index contributed by atoms with van der Waals surface area (Å²) in [6, 6.07) is 0. The topological polar surface area (TPSA) is 78.1 Å². The minimum atomic E-state index is -0.429. The van der Waals surface area contributed by atoms with Crippen LogP contribution in [0.3, 0.4) is 0 Å². The zero-order valence-corrected chi connectivity index (χ0v) is 15.2. The van der Waals surface area contributed by atoms with Crippen LogP contribution in [0, 0.1) is 20.8 Å². The minimum Gasteiger partial charge on any atom is -0.322 e. The Hall–Kier alpha value is -0.900. The third-order valence-corrected chi connectivity index (χ3v) is 4.18. The van der Waals surface area contributed by atoms with Crippen molar-refractivity contribution < 1.29 is 0 Å². The molecule has 0 bridgehead atoms. The fraction of sp³-hybridized carbons (Fsp3) is 0.667. The van der Waals surface area contributed by atoms with Gasteiger partial charge in [-0.1, -0.05) is 0 Å². The van der Waals surface area contributed by atoms with Crippen molar-refractivity contribution in [2.75, 3.05) is 0 Å². The highest BCUT2D eigenvalue weighted by Crippen LogP contribution is 2.40. The van der Waals surface area contributed by atoms with E-state index in [0.29, 0.717) is 0 Å². The first kappa shape index (κ1) is 18.1. The highest BCUT2D eigenvalue weighted by atomic mass is 14.8. The van der Waals surface area contributed by atoms with Crippen LogP contribution in [0.25, 0.3) is 0 Å². The van der Waals surface area contributed by atoms with Crippen LogP contribution in [0.1, 0.15) is 74.9 Å². The molecule has 3 heteroatoms. The van der Waals surface area contributed by atoms with Crippen LogP contribution >= 0.6 is 0 Å². The summed E-state index contributed by atoms with van der Waals surface area (Å²) in [7, 11) is 0. The van der Waals surface area contributed by atoms with Crippen molar-refractivity contribution in [2.24, 2.45) is 17.2 Å². The first-order valence-electron chi connectivity index (χ1n) is 7.62. The van der Waals surface area contributed by atoms with Crippen molar-refractivity contribution in [3.05, 3.63) is 33.4 Å². The molecule has 0 atom stereocenters. The summed E-state index contributed by atoms with van der Waals surface area (Å²) in [5.74, 6) is 0. The van der Waals surface area contributed by atoms with E-state index < -0.39 is 16.6 Å². The van der Waals surface area contributed by atoms with Gasteiger partial charge in [-0.05, 0) is 95.7 Å². The molecule has 0 fully saturated rings. The molecule has 0 spiro atoms. The average Bonchev–Trinajstić information content (AvgIpc) is 2.07. The predicted molar refractivity (Wildman–Crippen MR) is 92.3 cm³/mol. The quantitative estimate of drug-likeness (QED) is 0.800. The number of hydrogen-bond acceptors (Lipinski definition) is 3. The molecular weight excluding hydrogens is 258 g/mol. The smallest absolute Gasteiger partial charge is 0.0357 e. The van der Waals surface area contributed by atoms with Gasteiger partial charge < -0.3 is 17.2 Å². The lowest BCUT2D eigenvalue weighted by molar-refractivity contribution is 0.500. The predicted octanol–water partition coefficient (Wildman–Crippen LogP) is 3.19. The lowest BCUT2D eigenvalue weighted by Gasteiger charge is -2.37. The van der Waals surface area contributed by atoms with Gasteiger partial charge in [-0.25, -0.2) is 0 Å². The summed E-state index contributed by atoms with van der Waals surface area (Å²) in [4.78, 5) is 0. The first-order valence-corrected chi connectivity index (χ1v) is 7.62. The van der Waals surface area contributed by atoms with E-state index in [1.807, 2.05) is 41.5 Å². The minimum absolute atomic E-state index is 0.429. The van der Waals surface area contributed by atoms with Crippen LogP contribution in [0.4, 0.5) is 0 Å². The maximum absolute atomic E-state index is 6.45. The Balaban J connectivity index is 4.04. The molecule has 3 nitrogen and oxygen atoms in total. The van der Waals surface area contributed by atoms with Gasteiger partial charge in [-0.3, -0.25) is 0 Å². The van der Waals surface area contributed by atoms with Crippen molar-refractivity contribution in [1.82, 2.24) is 0 Å². The Bertz CT molecular complexity index is 448. The molecule has 21 heavy (non-hydrogen) atoms. The second-order valence-corrected chi connectivity index (χ2v) is 8.17. The summed E-state index contributed by atoms with van der Waals surface area (Å²) < 4.78 is 0. The monoisotopic (exact) mass is 291 g/mol. The molecule has 1 aromatic rings. The van der Waals surface area contributed by atoms with Crippen molar-refractivity contribution in [1.29, 1.82) is 0 Å². The van der Waals surface area contributed by atoms with Crippen LogP contribution in [-0.4, -0.2) is 0 Å². The highest BCUT2D eigenvalue weighted by molar-refractivity contribution is 5.56. The zero-order chi connectivity index (χ0) is 17.0. The molecule has 0 aliphatic rings. The normalized spacial score (nSPS) is 13.7. The number of benzene rings is 1. The van der Waals surface area contributed by atoms with Gasteiger partial charge in [0.1, 0.15) is 0 Å². The Morgan fingerprint density at radius 2 is 0.619 bits per heavy atom. The van der Waals surface area contributed by atoms with Gasteiger partial charge in [-0.15, -0.1) is 0 Å². The van der Waals surface area contributed by atoms with E-state index in [1.165, 1.54) is 16.7 Å². The van der Waals surface area contributed by atoms with E-state index in [9.17, 15) is 0 Å². The first-order chi connectivity index (χ1) is 9.10. The van der Waals surface area contributed by atoms with Crippen LogP contribution in [0.15, 0.2) is 0 Å². The second-order valence-electron chi connectivity index (χ2n) is 8.17. The van der Waals surface area contributed by atoms with Gasteiger partial charge in [-0.2, -0.15) is 0 Å². The Kier molecular flexibility index (Phi) is 4.39. The standard InChI is InChI=1S/C18H33N3/c1-10-13(16(4,5)19)11(2)15(18(8,9)21)12(3)14(10)17(6,7)20/h19-21H2,1-9H3. The maximum Gasteiger partial charge on any atom is 0.0357 e. The van der Waals surface area contributed by atoms with Crippen molar-refractivity contribution in [3.8, 4) is 0 Å². The van der Waals surface area contributed by atoms with Gasteiger partial charge in [0.2, 0.25) is 0 Å². The Morgan fingerprint density at radius 3 is 0.714 bits per heavy atom. The molecule has 0 aliphatic heterocycles. The third-order valence-electron chi connectivity index (χ3n) is 4.18. The van der Waals surface area contributed by atoms with Crippen LogP contribution in [0.5, 0.6) is 0 Å². The van der Waals surface area contributed by atoms with Gasteiger partial charge in [0, 0.05) is 16.6 Å². The lowest BCUT2D eigenvalue weighted by Crippen LogP contribution is -2.39. The van der Waals surface area contributed by atoms with E-state index in [4.69, 9.17) is 17.2 Å². The third kappa shape index (κ3) is 3.31. The van der Waals surface area contributed by atoms with Gasteiger partial charge >= 0.3 is 0 Å². The fourth-order valence-corrected chi connectivity index (χ4v) is 4.12. The summed E-state index contributed by atoms with van der Waals surface area (Å²) in [6.07, 6.45) is 0. The number of nitrogens with two attached hydrogens (primary N) is 3. The van der Waals surface area contributed by atoms with E-state index in [2.05, 4.69) is 20.8 Å². The number of hydrogen-bond donors (Lipinski definition) is 3. The second kappa shape index (κ2) is 5.08. The molecule has 0 saturated heterocycles. The zero-order valence-electron chi connectivity index (χ0n) is 15.2. The average molecular weight is 291 g/mol. The fourth-order valence-electron chi connectivity index (χ4n) is 4.12. The maximum atomic E-state index is 6.45. The van der Waals surface area contributed by atoms with Crippen molar-refractivity contribution in [2.45, 2.75) is 78.9 Å². The van der Waals surface area contributed by atoms with Crippen molar-refractivity contribution in [3.63, 3.8) is 0 Å². The lowest BCUT2D eigenvalue weighted by atomic mass is 9.72. The molecule has 1 aromatic carbocycles. The van der Waals surface area contributed by atoms with E-state index in [1.54, 1.807) is 0 Å². The highest BCUT2D eigenvalue weighted by Gasteiger charge is 2.33. The van der Waals surface area contributed by atoms with E-state index in [-0.39, 0.29) is 0 Å². The number of rotatable bonds is 3. The van der Waals surface area contributed by atoms with Gasteiger partial charge in [0.05, 0.1) is 0 Å². The molecule has 6 N–H and O–H groups in total.